The van der Waals surface area contributed by atoms with Gasteiger partial charge in [0.1, 0.15) is 12.4 Å². The molecule has 2 aromatic rings. The minimum absolute atomic E-state index is 0.0164. The summed E-state index contributed by atoms with van der Waals surface area (Å²) >= 11 is 1.28. The Bertz CT molecular complexity index is 758. The van der Waals surface area contributed by atoms with Crippen LogP contribution in [0, 0.1) is 10.1 Å². The number of hydrogen-bond donors (Lipinski definition) is 0. The number of hydrogen-bond acceptors (Lipinski definition) is 6. The zero-order chi connectivity index (χ0) is 17.5. The molecule has 0 saturated carbocycles. The molecule has 6 nitrogen and oxygen atoms in total. The Balaban J connectivity index is 2.02. The van der Waals surface area contributed by atoms with Crippen molar-refractivity contribution in [1.82, 2.24) is 0 Å². The fourth-order valence-corrected chi connectivity index (χ4v) is 2.72. The number of ether oxygens (including phenoxy) is 1. The van der Waals surface area contributed by atoms with Crippen molar-refractivity contribution in [1.29, 1.82) is 0 Å². The van der Waals surface area contributed by atoms with Crippen molar-refractivity contribution in [3.05, 3.63) is 69.8 Å². The molecule has 0 aliphatic heterocycles. The highest BCUT2D eigenvalue weighted by Gasteiger charge is 2.14. The van der Waals surface area contributed by atoms with Crippen LogP contribution >= 0.6 is 11.8 Å². The van der Waals surface area contributed by atoms with E-state index < -0.39 is 10.9 Å². The number of carbonyl (C=O) groups excluding carboxylic acids is 2. The van der Waals surface area contributed by atoms with E-state index in [1.807, 2.05) is 0 Å². The number of Topliss-reactive ketones (excluding diaryl/α,β-unsaturated/α-hetero) is 1. The van der Waals surface area contributed by atoms with Crippen molar-refractivity contribution >= 4 is 29.2 Å². The van der Waals surface area contributed by atoms with Gasteiger partial charge in [0.2, 0.25) is 0 Å². The molecule has 0 heterocycles. The summed E-state index contributed by atoms with van der Waals surface area (Å²) in [6.45, 7) is 1.51. The quantitative estimate of drug-likeness (QED) is 0.330. The maximum atomic E-state index is 12.2. The Kier molecular flexibility index (Phi) is 6.08. The van der Waals surface area contributed by atoms with Crippen LogP contribution in [0.2, 0.25) is 0 Å². The molecule has 0 fully saturated rings. The summed E-state index contributed by atoms with van der Waals surface area (Å²) in [7, 11) is 0. The molecule has 2 aromatic carbocycles. The molecule has 0 spiro atoms. The molecule has 0 N–H and O–H groups in total. The summed E-state index contributed by atoms with van der Waals surface area (Å²) in [5.74, 6) is -0.193. The number of carbonyl (C=O) groups is 2. The van der Waals surface area contributed by atoms with E-state index in [-0.39, 0.29) is 23.8 Å². The monoisotopic (exact) mass is 345 g/mol. The minimum atomic E-state index is -0.500. The Labute approximate surface area is 143 Å². The maximum Gasteiger partial charge on any atom is 0.339 e. The van der Waals surface area contributed by atoms with E-state index in [1.54, 1.807) is 36.4 Å². The Morgan fingerprint density at radius 1 is 1.12 bits per heavy atom. The highest BCUT2D eigenvalue weighted by molar-refractivity contribution is 8.00. The predicted molar refractivity (Wildman–Crippen MR) is 90.1 cm³/mol. The molecule has 2 rings (SSSR count). The van der Waals surface area contributed by atoms with Gasteiger partial charge in [-0.15, -0.1) is 11.8 Å². The van der Waals surface area contributed by atoms with Crippen molar-refractivity contribution in [2.45, 2.75) is 18.4 Å². The predicted octanol–water partition coefficient (Wildman–Crippen LogP) is 3.63. The highest BCUT2D eigenvalue weighted by atomic mass is 32.2. The molecule has 0 radical (unpaired) electrons. The SMILES string of the molecule is CC(=O)CSc1ccccc1C(=O)OCc1ccc([N+](=O)[O-])cc1. The lowest BCUT2D eigenvalue weighted by atomic mass is 10.2. The number of nitro benzene ring substituents is 1. The van der Waals surface area contributed by atoms with Gasteiger partial charge in [-0.3, -0.25) is 14.9 Å². The van der Waals surface area contributed by atoms with E-state index in [1.165, 1.54) is 30.8 Å². The molecule has 124 valence electrons. The molecular formula is C17H15NO5S. The lowest BCUT2D eigenvalue weighted by molar-refractivity contribution is -0.384. The van der Waals surface area contributed by atoms with Crippen LogP contribution in [0.15, 0.2) is 53.4 Å². The second kappa shape index (κ2) is 8.26. The van der Waals surface area contributed by atoms with Crippen molar-refractivity contribution in [2.75, 3.05) is 5.75 Å². The average molecular weight is 345 g/mol. The first-order valence-corrected chi connectivity index (χ1v) is 8.07. The molecule has 24 heavy (non-hydrogen) atoms. The summed E-state index contributed by atoms with van der Waals surface area (Å²) in [5, 5.41) is 10.6. The van der Waals surface area contributed by atoms with Gasteiger partial charge in [0.25, 0.3) is 5.69 Å². The molecule has 0 aromatic heterocycles. The van der Waals surface area contributed by atoms with Crippen LogP contribution in [-0.4, -0.2) is 22.4 Å². The van der Waals surface area contributed by atoms with Gasteiger partial charge in [0.05, 0.1) is 16.2 Å². The van der Waals surface area contributed by atoms with Crippen molar-refractivity contribution in [3.63, 3.8) is 0 Å². The summed E-state index contributed by atoms with van der Waals surface area (Å²) in [4.78, 5) is 34.1. The van der Waals surface area contributed by atoms with Crippen LogP contribution < -0.4 is 0 Å². The highest BCUT2D eigenvalue weighted by Crippen LogP contribution is 2.23. The number of thioether (sulfide) groups is 1. The first kappa shape index (κ1) is 17.7. The van der Waals surface area contributed by atoms with Gasteiger partial charge in [-0.1, -0.05) is 12.1 Å². The van der Waals surface area contributed by atoms with Crippen molar-refractivity contribution in [3.8, 4) is 0 Å². The topological polar surface area (TPSA) is 86.5 Å². The lowest BCUT2D eigenvalue weighted by Gasteiger charge is -2.09. The third-order valence-corrected chi connectivity index (χ3v) is 4.27. The van der Waals surface area contributed by atoms with Crippen LogP contribution in [0.4, 0.5) is 5.69 Å². The van der Waals surface area contributed by atoms with E-state index in [0.29, 0.717) is 16.0 Å². The second-order valence-electron chi connectivity index (χ2n) is 4.99. The van der Waals surface area contributed by atoms with Gasteiger partial charge >= 0.3 is 5.97 Å². The molecule has 0 amide bonds. The largest absolute Gasteiger partial charge is 0.457 e. The third-order valence-electron chi connectivity index (χ3n) is 3.05. The number of ketones is 1. The van der Waals surface area contributed by atoms with Gasteiger partial charge in [-0.25, -0.2) is 4.79 Å². The first-order chi connectivity index (χ1) is 11.5. The number of esters is 1. The van der Waals surface area contributed by atoms with Crippen molar-refractivity contribution in [2.24, 2.45) is 0 Å². The molecule has 0 aliphatic rings. The smallest absolute Gasteiger partial charge is 0.339 e. The summed E-state index contributed by atoms with van der Waals surface area (Å²) in [6.07, 6.45) is 0. The Morgan fingerprint density at radius 2 is 1.79 bits per heavy atom. The zero-order valence-electron chi connectivity index (χ0n) is 12.9. The van der Waals surface area contributed by atoms with Gasteiger partial charge in [-0.2, -0.15) is 0 Å². The van der Waals surface area contributed by atoms with E-state index in [9.17, 15) is 19.7 Å². The van der Waals surface area contributed by atoms with Crippen LogP contribution in [0.1, 0.15) is 22.8 Å². The molecule has 0 saturated heterocycles. The normalized spacial score (nSPS) is 10.2. The standard InChI is InChI=1S/C17H15NO5S/c1-12(19)11-24-16-5-3-2-4-15(16)17(20)23-10-13-6-8-14(9-7-13)18(21)22/h2-9H,10-11H2,1H3. The van der Waals surface area contributed by atoms with E-state index in [0.717, 1.165) is 0 Å². The molecule has 0 aliphatic carbocycles. The number of nitrogens with zero attached hydrogens (tertiary/aromatic N) is 1. The van der Waals surface area contributed by atoms with Gasteiger partial charge < -0.3 is 4.74 Å². The zero-order valence-corrected chi connectivity index (χ0v) is 13.7. The Morgan fingerprint density at radius 3 is 2.42 bits per heavy atom. The van der Waals surface area contributed by atoms with Gasteiger partial charge in [0, 0.05) is 17.0 Å². The van der Waals surface area contributed by atoms with E-state index in [2.05, 4.69) is 0 Å². The fourth-order valence-electron chi connectivity index (χ4n) is 1.88. The summed E-state index contributed by atoms with van der Waals surface area (Å²) < 4.78 is 5.25. The molecule has 0 bridgehead atoms. The first-order valence-electron chi connectivity index (χ1n) is 7.09. The average Bonchev–Trinajstić information content (AvgIpc) is 2.58. The van der Waals surface area contributed by atoms with Gasteiger partial charge in [-0.05, 0) is 36.8 Å². The van der Waals surface area contributed by atoms with E-state index in [4.69, 9.17) is 4.74 Å². The Hall–Kier alpha value is -2.67. The summed E-state index contributed by atoms with van der Waals surface area (Å²) in [6, 6.07) is 12.7. The molecule has 0 atom stereocenters. The molecule has 0 unspecified atom stereocenters. The minimum Gasteiger partial charge on any atom is -0.457 e. The van der Waals surface area contributed by atoms with Crippen LogP contribution in [0.25, 0.3) is 0 Å². The number of nitro groups is 1. The van der Waals surface area contributed by atoms with Crippen LogP contribution in [0.3, 0.4) is 0 Å². The lowest BCUT2D eigenvalue weighted by Crippen LogP contribution is -2.07. The number of benzene rings is 2. The van der Waals surface area contributed by atoms with E-state index >= 15 is 0 Å². The maximum absolute atomic E-state index is 12.2. The number of rotatable bonds is 7. The fraction of sp³-hybridized carbons (Fsp3) is 0.176. The van der Waals surface area contributed by atoms with Gasteiger partial charge in [0.15, 0.2) is 0 Å². The van der Waals surface area contributed by atoms with Crippen LogP contribution in [-0.2, 0) is 16.1 Å². The molecule has 7 heteroatoms. The number of non-ortho nitro benzene ring substituents is 1. The second-order valence-corrected chi connectivity index (χ2v) is 6.00. The summed E-state index contributed by atoms with van der Waals surface area (Å²) in [5.41, 5.74) is 1.03. The van der Waals surface area contributed by atoms with Crippen LogP contribution in [0.5, 0.6) is 0 Å². The third kappa shape index (κ3) is 4.92. The molecular weight excluding hydrogens is 330 g/mol. The van der Waals surface area contributed by atoms with Crippen molar-refractivity contribution < 1.29 is 19.2 Å².